The third-order valence-electron chi connectivity index (χ3n) is 3.34. The van der Waals surface area contributed by atoms with Crippen molar-refractivity contribution >= 4 is 27.6 Å². The lowest BCUT2D eigenvalue weighted by atomic mass is 10.2. The van der Waals surface area contributed by atoms with Gasteiger partial charge < -0.3 is 14.4 Å². The molecule has 1 N–H and O–H groups in total. The minimum atomic E-state index is -3.99. The van der Waals surface area contributed by atoms with Crippen LogP contribution in [0, 0.1) is 0 Å². The Morgan fingerprint density at radius 2 is 2.12 bits per heavy atom. The smallest absolute Gasteiger partial charge is 0.339 e. The van der Waals surface area contributed by atoms with E-state index in [0.717, 1.165) is 16.4 Å². The van der Waals surface area contributed by atoms with Crippen molar-refractivity contribution in [3.8, 4) is 5.75 Å². The van der Waals surface area contributed by atoms with Crippen molar-refractivity contribution in [3.63, 3.8) is 0 Å². The summed E-state index contributed by atoms with van der Waals surface area (Å²) in [4.78, 5) is 10.9. The zero-order valence-corrected chi connectivity index (χ0v) is 14.7. The number of methoxy groups -OCH3 is 1. The zero-order valence-electron chi connectivity index (χ0n) is 13.1. The van der Waals surface area contributed by atoms with Gasteiger partial charge in [-0.05, 0) is 6.07 Å². The van der Waals surface area contributed by atoms with Crippen molar-refractivity contribution in [2.45, 2.75) is 11.4 Å². The number of nitrogens with zero attached hydrogens (tertiary/aromatic N) is 4. The van der Waals surface area contributed by atoms with Crippen LogP contribution >= 0.6 is 11.6 Å². The fourth-order valence-electron chi connectivity index (χ4n) is 1.97. The Labute approximate surface area is 143 Å². The lowest BCUT2D eigenvalue weighted by Gasteiger charge is -2.18. The van der Waals surface area contributed by atoms with Crippen LogP contribution in [0.2, 0.25) is 5.02 Å². The molecule has 0 spiro atoms. The molecular weight excluding hydrogens is 360 g/mol. The number of carboxylic acid groups (broad SMARTS) is 1. The van der Waals surface area contributed by atoms with Gasteiger partial charge in [0.05, 0.1) is 18.7 Å². The first-order valence-corrected chi connectivity index (χ1v) is 8.40. The predicted molar refractivity (Wildman–Crippen MR) is 84.6 cm³/mol. The van der Waals surface area contributed by atoms with E-state index in [1.807, 2.05) is 0 Å². The van der Waals surface area contributed by atoms with Crippen molar-refractivity contribution < 1.29 is 23.1 Å². The van der Waals surface area contributed by atoms with E-state index in [2.05, 4.69) is 10.2 Å². The summed E-state index contributed by atoms with van der Waals surface area (Å²) in [5, 5.41) is 16.4. The van der Waals surface area contributed by atoms with Crippen LogP contribution in [0.3, 0.4) is 0 Å². The van der Waals surface area contributed by atoms with Crippen LogP contribution in [-0.2, 0) is 23.6 Å². The van der Waals surface area contributed by atoms with Gasteiger partial charge in [0.25, 0.3) is 0 Å². The van der Waals surface area contributed by atoms with Crippen molar-refractivity contribution in [3.05, 3.63) is 34.9 Å². The normalized spacial score (nSPS) is 11.7. The summed E-state index contributed by atoms with van der Waals surface area (Å²) >= 11 is 5.99. The maximum Gasteiger partial charge on any atom is 0.339 e. The lowest BCUT2D eigenvalue weighted by molar-refractivity contribution is 0.0693. The van der Waals surface area contributed by atoms with Crippen molar-refractivity contribution in [2.24, 2.45) is 7.05 Å². The average molecular weight is 375 g/mol. The van der Waals surface area contributed by atoms with Gasteiger partial charge >= 0.3 is 5.97 Å². The number of rotatable bonds is 6. The molecule has 0 saturated heterocycles. The SMILES string of the molecule is COc1cc(S(=O)(=O)N(C)Cc2nncn2C)c(Cl)cc1C(=O)O. The second kappa shape index (κ2) is 6.75. The number of sulfonamides is 1. The summed E-state index contributed by atoms with van der Waals surface area (Å²) in [5.74, 6) is -0.936. The van der Waals surface area contributed by atoms with E-state index in [1.165, 1.54) is 20.5 Å². The molecule has 0 aliphatic rings. The maximum atomic E-state index is 12.7. The number of carboxylic acids is 1. The first-order valence-electron chi connectivity index (χ1n) is 6.58. The number of aromatic carboxylic acids is 1. The lowest BCUT2D eigenvalue weighted by Crippen LogP contribution is -2.28. The molecule has 0 fully saturated rings. The second-order valence-electron chi connectivity index (χ2n) is 4.91. The molecule has 9 nitrogen and oxygen atoms in total. The number of aryl methyl sites for hydroxylation is 1. The van der Waals surface area contributed by atoms with Gasteiger partial charge in [0.15, 0.2) is 0 Å². The molecule has 1 heterocycles. The van der Waals surface area contributed by atoms with Crippen molar-refractivity contribution in [2.75, 3.05) is 14.2 Å². The summed E-state index contributed by atoms with van der Waals surface area (Å²) < 4.78 is 33.0. The highest BCUT2D eigenvalue weighted by Crippen LogP contribution is 2.32. The molecular formula is C13H15ClN4O5S. The highest BCUT2D eigenvalue weighted by Gasteiger charge is 2.27. The van der Waals surface area contributed by atoms with E-state index in [-0.39, 0.29) is 27.8 Å². The van der Waals surface area contributed by atoms with E-state index < -0.39 is 16.0 Å². The Balaban J connectivity index is 2.45. The van der Waals surface area contributed by atoms with Crippen LogP contribution in [0.4, 0.5) is 0 Å². The van der Waals surface area contributed by atoms with Crippen LogP contribution < -0.4 is 4.74 Å². The predicted octanol–water partition coefficient (Wildman–Crippen LogP) is 0.996. The molecule has 0 aliphatic carbocycles. The largest absolute Gasteiger partial charge is 0.496 e. The number of benzene rings is 1. The van der Waals surface area contributed by atoms with Crippen LogP contribution in [0.15, 0.2) is 23.4 Å². The fourth-order valence-corrected chi connectivity index (χ4v) is 3.61. The quantitative estimate of drug-likeness (QED) is 0.801. The molecule has 0 atom stereocenters. The monoisotopic (exact) mass is 374 g/mol. The first kappa shape index (κ1) is 18.2. The number of carbonyl (C=O) groups is 1. The Bertz CT molecular complexity index is 880. The molecule has 0 saturated carbocycles. The summed E-state index contributed by atoms with van der Waals surface area (Å²) in [6, 6.07) is 2.14. The van der Waals surface area contributed by atoms with Gasteiger partial charge in [-0.25, -0.2) is 13.2 Å². The van der Waals surface area contributed by atoms with Gasteiger partial charge in [-0.15, -0.1) is 10.2 Å². The van der Waals surface area contributed by atoms with Crippen LogP contribution in [-0.4, -0.2) is 52.7 Å². The molecule has 2 rings (SSSR count). The van der Waals surface area contributed by atoms with Crippen LogP contribution in [0.5, 0.6) is 5.75 Å². The molecule has 0 amide bonds. The third-order valence-corrected chi connectivity index (χ3v) is 5.61. The molecule has 0 aliphatic heterocycles. The van der Waals surface area contributed by atoms with E-state index in [0.29, 0.717) is 5.82 Å². The molecule has 0 bridgehead atoms. The number of hydrogen-bond donors (Lipinski definition) is 1. The average Bonchev–Trinajstić information content (AvgIpc) is 2.91. The highest BCUT2D eigenvalue weighted by molar-refractivity contribution is 7.89. The van der Waals surface area contributed by atoms with E-state index in [1.54, 1.807) is 11.6 Å². The van der Waals surface area contributed by atoms with Gasteiger partial charge in [0.2, 0.25) is 10.0 Å². The molecule has 0 unspecified atom stereocenters. The number of ether oxygens (including phenoxy) is 1. The summed E-state index contributed by atoms with van der Waals surface area (Å²) in [7, 11) is 0.302. The Morgan fingerprint density at radius 3 is 2.62 bits per heavy atom. The van der Waals surface area contributed by atoms with Gasteiger partial charge in [-0.1, -0.05) is 11.6 Å². The number of halogens is 1. The van der Waals surface area contributed by atoms with Crippen molar-refractivity contribution in [1.82, 2.24) is 19.1 Å². The third kappa shape index (κ3) is 3.35. The first-order chi connectivity index (χ1) is 11.2. The summed E-state index contributed by atoms with van der Waals surface area (Å²) in [5.41, 5.74) is -0.225. The molecule has 1 aromatic carbocycles. The van der Waals surface area contributed by atoms with Crippen LogP contribution in [0.25, 0.3) is 0 Å². The van der Waals surface area contributed by atoms with Gasteiger partial charge in [-0.2, -0.15) is 4.31 Å². The number of hydrogen-bond acceptors (Lipinski definition) is 6. The molecule has 130 valence electrons. The maximum absolute atomic E-state index is 12.7. The minimum absolute atomic E-state index is 0.0296. The Morgan fingerprint density at radius 1 is 1.46 bits per heavy atom. The molecule has 24 heavy (non-hydrogen) atoms. The highest BCUT2D eigenvalue weighted by atomic mass is 35.5. The molecule has 0 radical (unpaired) electrons. The van der Waals surface area contributed by atoms with E-state index in [9.17, 15) is 13.2 Å². The standard InChI is InChI=1S/C13H15ClN4O5S/c1-17-7-15-16-12(17)6-18(2)24(21,22)11-5-10(23-3)8(13(19)20)4-9(11)14/h4-5,7H,6H2,1-3H3,(H,19,20). The van der Waals surface area contributed by atoms with Gasteiger partial charge in [-0.3, -0.25) is 0 Å². The minimum Gasteiger partial charge on any atom is -0.496 e. The van der Waals surface area contributed by atoms with Gasteiger partial charge in [0, 0.05) is 20.2 Å². The fraction of sp³-hybridized carbons (Fsp3) is 0.308. The molecule has 1 aromatic heterocycles. The summed E-state index contributed by atoms with van der Waals surface area (Å²) in [6.45, 7) is -0.0296. The van der Waals surface area contributed by atoms with E-state index in [4.69, 9.17) is 21.4 Å². The van der Waals surface area contributed by atoms with E-state index >= 15 is 0 Å². The second-order valence-corrected chi connectivity index (χ2v) is 7.33. The molecule has 2 aromatic rings. The van der Waals surface area contributed by atoms with Crippen molar-refractivity contribution in [1.29, 1.82) is 0 Å². The zero-order chi connectivity index (χ0) is 18.1. The number of aromatic nitrogens is 3. The Kier molecular flexibility index (Phi) is 5.11. The van der Waals surface area contributed by atoms with Gasteiger partial charge in [0.1, 0.15) is 28.4 Å². The Hall–Kier alpha value is -2.17. The summed E-state index contributed by atoms with van der Waals surface area (Å²) in [6.07, 6.45) is 1.45. The van der Waals surface area contributed by atoms with Crippen LogP contribution in [0.1, 0.15) is 16.2 Å². The topological polar surface area (TPSA) is 115 Å². The molecule has 11 heteroatoms.